The van der Waals surface area contributed by atoms with Gasteiger partial charge in [0.15, 0.2) is 0 Å². The SMILES string of the molecule is NCc1ccc(-c2nc3c(s2)C(O)c2cc(F)ccc2C3O)cc1. The molecule has 1 heterocycles. The fourth-order valence-corrected chi connectivity index (χ4v) is 4.07. The summed E-state index contributed by atoms with van der Waals surface area (Å²) in [7, 11) is 0. The Bertz CT molecular complexity index is 908. The molecule has 0 aliphatic heterocycles. The molecule has 1 aliphatic rings. The molecule has 0 amide bonds. The predicted octanol–water partition coefficient (Wildman–Crippen LogP) is 2.88. The molecule has 0 fully saturated rings. The number of rotatable bonds is 2. The Morgan fingerprint density at radius 2 is 1.79 bits per heavy atom. The number of aliphatic hydroxyl groups is 2. The molecule has 0 saturated carbocycles. The molecule has 2 unspecified atom stereocenters. The van der Waals surface area contributed by atoms with Gasteiger partial charge in [0.1, 0.15) is 23.0 Å². The van der Waals surface area contributed by atoms with Crippen LogP contribution in [-0.2, 0) is 6.54 Å². The molecular weight excluding hydrogens is 327 g/mol. The second-order valence-corrected chi connectivity index (χ2v) is 6.78. The van der Waals surface area contributed by atoms with Gasteiger partial charge in [0, 0.05) is 12.1 Å². The van der Waals surface area contributed by atoms with Gasteiger partial charge in [-0.2, -0.15) is 0 Å². The topological polar surface area (TPSA) is 79.4 Å². The number of benzene rings is 2. The largest absolute Gasteiger partial charge is 0.383 e. The Hall–Kier alpha value is -2.12. The predicted molar refractivity (Wildman–Crippen MR) is 90.0 cm³/mol. The fraction of sp³-hybridized carbons (Fsp3) is 0.167. The van der Waals surface area contributed by atoms with Gasteiger partial charge in [-0.25, -0.2) is 9.37 Å². The van der Waals surface area contributed by atoms with Crippen molar-refractivity contribution in [2.75, 3.05) is 0 Å². The van der Waals surface area contributed by atoms with Crippen molar-refractivity contribution in [2.24, 2.45) is 5.73 Å². The average Bonchev–Trinajstić information content (AvgIpc) is 3.05. The first-order valence-electron chi connectivity index (χ1n) is 7.54. The Kier molecular flexibility index (Phi) is 3.69. The molecule has 4 rings (SSSR count). The van der Waals surface area contributed by atoms with Crippen molar-refractivity contribution < 1.29 is 14.6 Å². The third-order valence-corrected chi connectivity index (χ3v) is 5.44. The van der Waals surface area contributed by atoms with Gasteiger partial charge in [0.05, 0.1) is 10.6 Å². The van der Waals surface area contributed by atoms with Crippen molar-refractivity contribution in [1.29, 1.82) is 0 Å². The highest BCUT2D eigenvalue weighted by Crippen LogP contribution is 2.45. The van der Waals surface area contributed by atoms with Gasteiger partial charge in [-0.05, 0) is 28.8 Å². The Morgan fingerprint density at radius 1 is 1.04 bits per heavy atom. The third kappa shape index (κ3) is 2.35. The minimum atomic E-state index is -0.983. The number of hydrogen-bond donors (Lipinski definition) is 3. The molecule has 0 spiro atoms. The highest BCUT2D eigenvalue weighted by molar-refractivity contribution is 7.15. The van der Waals surface area contributed by atoms with Crippen LogP contribution in [0.1, 0.15) is 39.5 Å². The summed E-state index contributed by atoms with van der Waals surface area (Å²) in [6.07, 6.45) is -1.95. The number of aliphatic hydroxyl groups excluding tert-OH is 2. The first-order chi connectivity index (χ1) is 11.6. The highest BCUT2D eigenvalue weighted by Gasteiger charge is 2.34. The number of aromatic nitrogens is 1. The summed E-state index contributed by atoms with van der Waals surface area (Å²) in [6.45, 7) is 0.465. The third-order valence-electron chi connectivity index (χ3n) is 4.26. The van der Waals surface area contributed by atoms with Crippen LogP contribution in [0.5, 0.6) is 0 Å². The summed E-state index contributed by atoms with van der Waals surface area (Å²) >= 11 is 1.31. The van der Waals surface area contributed by atoms with E-state index in [2.05, 4.69) is 4.98 Å². The van der Waals surface area contributed by atoms with E-state index in [1.165, 1.54) is 29.5 Å². The standard InChI is InChI=1S/C18H15FN2O2S/c19-11-5-6-12-13(7-11)16(23)17-14(15(12)22)21-18(24-17)10-3-1-9(8-20)2-4-10/h1-7,15-16,22-23H,8,20H2. The molecule has 24 heavy (non-hydrogen) atoms. The van der Waals surface area contributed by atoms with Gasteiger partial charge < -0.3 is 15.9 Å². The van der Waals surface area contributed by atoms with Crippen LogP contribution >= 0.6 is 11.3 Å². The summed E-state index contributed by atoms with van der Waals surface area (Å²) in [5.41, 5.74) is 8.83. The van der Waals surface area contributed by atoms with E-state index in [9.17, 15) is 14.6 Å². The first-order valence-corrected chi connectivity index (χ1v) is 8.35. The number of fused-ring (bicyclic) bond motifs is 2. The maximum absolute atomic E-state index is 13.5. The van der Waals surface area contributed by atoms with Crippen LogP contribution in [0.2, 0.25) is 0 Å². The van der Waals surface area contributed by atoms with Crippen molar-refractivity contribution in [3.63, 3.8) is 0 Å². The van der Waals surface area contributed by atoms with Crippen molar-refractivity contribution in [3.05, 3.63) is 75.5 Å². The lowest BCUT2D eigenvalue weighted by atomic mass is 9.89. The van der Waals surface area contributed by atoms with E-state index >= 15 is 0 Å². The second kappa shape index (κ2) is 5.75. The maximum atomic E-state index is 13.5. The molecule has 4 nitrogen and oxygen atoms in total. The molecule has 6 heteroatoms. The van der Waals surface area contributed by atoms with Crippen molar-refractivity contribution in [3.8, 4) is 10.6 Å². The lowest BCUT2D eigenvalue weighted by Crippen LogP contribution is -2.16. The summed E-state index contributed by atoms with van der Waals surface area (Å²) < 4.78 is 13.5. The Morgan fingerprint density at radius 3 is 2.50 bits per heavy atom. The van der Waals surface area contributed by atoms with Crippen LogP contribution in [0.15, 0.2) is 42.5 Å². The summed E-state index contributed by atoms with van der Waals surface area (Å²) in [5.74, 6) is -0.439. The van der Waals surface area contributed by atoms with Crippen LogP contribution in [-0.4, -0.2) is 15.2 Å². The molecule has 0 bridgehead atoms. The van der Waals surface area contributed by atoms with E-state index in [0.29, 0.717) is 33.3 Å². The van der Waals surface area contributed by atoms with E-state index in [-0.39, 0.29) is 0 Å². The first kappa shape index (κ1) is 15.4. The van der Waals surface area contributed by atoms with Crippen molar-refractivity contribution in [2.45, 2.75) is 18.8 Å². The normalized spacial score (nSPS) is 19.0. The van der Waals surface area contributed by atoms with Crippen LogP contribution in [0.4, 0.5) is 4.39 Å². The van der Waals surface area contributed by atoms with Gasteiger partial charge in [-0.3, -0.25) is 0 Å². The van der Waals surface area contributed by atoms with Gasteiger partial charge in [0.2, 0.25) is 0 Å². The summed E-state index contributed by atoms with van der Waals surface area (Å²) in [4.78, 5) is 5.07. The molecule has 3 aromatic rings. The molecule has 2 atom stereocenters. The highest BCUT2D eigenvalue weighted by atomic mass is 32.1. The smallest absolute Gasteiger partial charge is 0.124 e. The number of thiazole rings is 1. The lowest BCUT2D eigenvalue weighted by Gasteiger charge is -2.24. The van der Waals surface area contributed by atoms with E-state index < -0.39 is 18.0 Å². The molecule has 0 radical (unpaired) electrons. The number of nitrogens with two attached hydrogens (primary N) is 1. The number of hydrogen-bond acceptors (Lipinski definition) is 5. The van der Waals surface area contributed by atoms with E-state index in [1.807, 2.05) is 24.3 Å². The maximum Gasteiger partial charge on any atom is 0.124 e. The van der Waals surface area contributed by atoms with Crippen molar-refractivity contribution >= 4 is 11.3 Å². The fourth-order valence-electron chi connectivity index (χ4n) is 2.96. The molecule has 1 aliphatic carbocycles. The van der Waals surface area contributed by atoms with Crippen LogP contribution < -0.4 is 5.73 Å². The molecule has 0 saturated heterocycles. The quantitative estimate of drug-likeness (QED) is 0.669. The van der Waals surface area contributed by atoms with Crippen LogP contribution in [0.25, 0.3) is 10.6 Å². The zero-order chi connectivity index (χ0) is 16.8. The molecule has 2 aromatic carbocycles. The zero-order valence-corrected chi connectivity index (χ0v) is 13.4. The van der Waals surface area contributed by atoms with Gasteiger partial charge in [-0.15, -0.1) is 11.3 Å². The minimum Gasteiger partial charge on any atom is -0.383 e. The van der Waals surface area contributed by atoms with E-state index in [0.717, 1.165) is 11.1 Å². The molecule has 1 aromatic heterocycles. The Labute approximate surface area is 142 Å². The molecule has 4 N–H and O–H groups in total. The summed E-state index contributed by atoms with van der Waals surface area (Å²) in [6, 6.07) is 11.7. The number of halogens is 1. The molecular formula is C18H15FN2O2S. The monoisotopic (exact) mass is 342 g/mol. The average molecular weight is 342 g/mol. The van der Waals surface area contributed by atoms with E-state index in [1.54, 1.807) is 0 Å². The van der Waals surface area contributed by atoms with Crippen molar-refractivity contribution in [1.82, 2.24) is 4.98 Å². The second-order valence-electron chi connectivity index (χ2n) is 5.75. The molecule has 122 valence electrons. The van der Waals surface area contributed by atoms with Gasteiger partial charge in [0.25, 0.3) is 0 Å². The lowest BCUT2D eigenvalue weighted by molar-refractivity contribution is 0.173. The van der Waals surface area contributed by atoms with Crippen LogP contribution in [0, 0.1) is 5.82 Å². The summed E-state index contributed by atoms with van der Waals surface area (Å²) in [5, 5.41) is 21.8. The zero-order valence-electron chi connectivity index (χ0n) is 12.6. The van der Waals surface area contributed by atoms with Gasteiger partial charge in [-0.1, -0.05) is 30.3 Å². The minimum absolute atomic E-state index is 0.392. The van der Waals surface area contributed by atoms with Gasteiger partial charge >= 0.3 is 0 Å². The Balaban J connectivity index is 1.80. The van der Waals surface area contributed by atoms with E-state index in [4.69, 9.17) is 5.73 Å². The number of nitrogens with zero attached hydrogens (tertiary/aromatic N) is 1. The van der Waals surface area contributed by atoms with Crippen LogP contribution in [0.3, 0.4) is 0 Å².